The highest BCUT2D eigenvalue weighted by molar-refractivity contribution is 7.91. The van der Waals surface area contributed by atoms with Crippen molar-refractivity contribution < 1.29 is 26.7 Å². The summed E-state index contributed by atoms with van der Waals surface area (Å²) in [5, 5.41) is 9.94. The molecule has 0 aliphatic rings. The van der Waals surface area contributed by atoms with Crippen LogP contribution in [0.1, 0.15) is 12.5 Å². The molecule has 0 aliphatic heterocycles. The van der Waals surface area contributed by atoms with Crippen molar-refractivity contribution in [1.29, 1.82) is 0 Å². The van der Waals surface area contributed by atoms with E-state index in [4.69, 9.17) is 11.6 Å². The minimum absolute atomic E-state index is 0.0303. The van der Waals surface area contributed by atoms with Gasteiger partial charge in [-0.1, -0.05) is 23.7 Å². The lowest BCUT2D eigenvalue weighted by molar-refractivity contribution is -0.258. The summed E-state index contributed by atoms with van der Waals surface area (Å²) in [5.74, 6) is 0. The molecule has 23 heavy (non-hydrogen) atoms. The van der Waals surface area contributed by atoms with E-state index < -0.39 is 27.2 Å². The molecule has 2 aromatic rings. The maximum atomic E-state index is 12.8. The number of sulfone groups is 1. The van der Waals surface area contributed by atoms with E-state index in [1.54, 1.807) is 0 Å². The summed E-state index contributed by atoms with van der Waals surface area (Å²) >= 11 is 5.69. The summed E-state index contributed by atoms with van der Waals surface area (Å²) in [6.45, 7) is 0.607. The maximum absolute atomic E-state index is 12.8. The Morgan fingerprint density at radius 3 is 1.70 bits per heavy atom. The first-order valence-corrected chi connectivity index (χ1v) is 8.22. The molecule has 0 aromatic heterocycles. The first-order valence-electron chi connectivity index (χ1n) is 6.36. The van der Waals surface area contributed by atoms with E-state index in [0.29, 0.717) is 11.9 Å². The third-order valence-electron chi connectivity index (χ3n) is 3.40. The van der Waals surface area contributed by atoms with Gasteiger partial charge in [-0.3, -0.25) is 0 Å². The zero-order valence-corrected chi connectivity index (χ0v) is 13.4. The van der Waals surface area contributed by atoms with Crippen LogP contribution in [0.2, 0.25) is 5.02 Å². The van der Waals surface area contributed by atoms with Crippen molar-refractivity contribution in [1.82, 2.24) is 0 Å². The van der Waals surface area contributed by atoms with Gasteiger partial charge in [-0.2, -0.15) is 13.2 Å². The van der Waals surface area contributed by atoms with E-state index in [2.05, 4.69) is 0 Å². The first kappa shape index (κ1) is 17.8. The van der Waals surface area contributed by atoms with Crippen molar-refractivity contribution in [3.63, 3.8) is 0 Å². The number of benzene rings is 2. The fourth-order valence-corrected chi connectivity index (χ4v) is 3.26. The Labute approximate surface area is 136 Å². The molecule has 1 N–H and O–H groups in total. The number of aliphatic hydroxyl groups is 1. The van der Waals surface area contributed by atoms with Crippen LogP contribution < -0.4 is 0 Å². The summed E-state index contributed by atoms with van der Waals surface area (Å²) in [6, 6.07) is 9.34. The van der Waals surface area contributed by atoms with Gasteiger partial charge in [-0.05, 0) is 48.9 Å². The van der Waals surface area contributed by atoms with Crippen LogP contribution >= 0.6 is 11.6 Å². The molecule has 0 fully saturated rings. The molecule has 2 rings (SSSR count). The van der Waals surface area contributed by atoms with Crippen LogP contribution in [0.5, 0.6) is 0 Å². The van der Waals surface area contributed by atoms with Crippen molar-refractivity contribution >= 4 is 21.4 Å². The topological polar surface area (TPSA) is 54.4 Å². The summed E-state index contributed by atoms with van der Waals surface area (Å²) in [6.07, 6.45) is -4.87. The number of hydrogen-bond acceptors (Lipinski definition) is 3. The largest absolute Gasteiger partial charge is 0.421 e. The molecule has 0 radical (unpaired) electrons. The molecule has 0 saturated heterocycles. The Morgan fingerprint density at radius 2 is 1.30 bits per heavy atom. The third kappa shape index (κ3) is 3.36. The lowest BCUT2D eigenvalue weighted by Gasteiger charge is -2.26. The van der Waals surface area contributed by atoms with E-state index in [-0.39, 0.29) is 9.79 Å². The molecule has 1 unspecified atom stereocenters. The first-order chi connectivity index (χ1) is 10.5. The molecule has 0 heterocycles. The smallest absolute Gasteiger partial charge is 0.376 e. The second kappa shape index (κ2) is 5.81. The summed E-state index contributed by atoms with van der Waals surface area (Å²) in [7, 11) is -3.87. The van der Waals surface area contributed by atoms with Crippen molar-refractivity contribution in [3.8, 4) is 0 Å². The summed E-state index contributed by atoms with van der Waals surface area (Å²) in [5.41, 5.74) is -3.50. The van der Waals surface area contributed by atoms with Crippen molar-refractivity contribution in [2.45, 2.75) is 28.5 Å². The average molecular weight is 365 g/mol. The standard InChI is InChI=1S/C15H12ClF3O3S/c1-14(20,15(17,18)19)10-2-6-12(7-3-10)23(21,22)13-8-4-11(16)5-9-13/h2-9,20H,1H3. The summed E-state index contributed by atoms with van der Waals surface area (Å²) in [4.78, 5) is -0.209. The zero-order valence-electron chi connectivity index (χ0n) is 11.8. The Balaban J connectivity index is 2.42. The van der Waals surface area contributed by atoms with Crippen molar-refractivity contribution in [2.75, 3.05) is 0 Å². The van der Waals surface area contributed by atoms with Crippen LogP contribution in [0.25, 0.3) is 0 Å². The third-order valence-corrected chi connectivity index (χ3v) is 5.44. The van der Waals surface area contributed by atoms with Gasteiger partial charge in [0.15, 0.2) is 5.60 Å². The van der Waals surface area contributed by atoms with Crippen molar-refractivity contribution in [2.24, 2.45) is 0 Å². The molecule has 0 bridgehead atoms. The van der Waals surface area contributed by atoms with E-state index in [0.717, 1.165) is 24.3 Å². The van der Waals surface area contributed by atoms with Crippen LogP contribution in [0.4, 0.5) is 13.2 Å². The monoisotopic (exact) mass is 364 g/mol. The molecular formula is C15H12ClF3O3S. The van der Waals surface area contributed by atoms with Crippen LogP contribution in [0, 0.1) is 0 Å². The SMILES string of the molecule is CC(O)(c1ccc(S(=O)(=O)c2ccc(Cl)cc2)cc1)C(F)(F)F. The lowest BCUT2D eigenvalue weighted by atomic mass is 9.96. The maximum Gasteiger partial charge on any atom is 0.421 e. The van der Waals surface area contributed by atoms with Crippen LogP contribution in [-0.4, -0.2) is 19.7 Å². The predicted octanol–water partition coefficient (Wildman–Crippen LogP) is 3.94. The number of hydrogen-bond donors (Lipinski definition) is 1. The molecule has 0 amide bonds. The van der Waals surface area contributed by atoms with E-state index in [1.165, 1.54) is 24.3 Å². The minimum atomic E-state index is -4.87. The van der Waals surface area contributed by atoms with Gasteiger partial charge in [0, 0.05) is 5.02 Å². The number of alkyl halides is 3. The average Bonchev–Trinajstić information content (AvgIpc) is 2.46. The summed E-state index contributed by atoms with van der Waals surface area (Å²) < 4.78 is 63.1. The van der Waals surface area contributed by atoms with Gasteiger partial charge >= 0.3 is 6.18 Å². The molecule has 2 aromatic carbocycles. The van der Waals surface area contributed by atoms with Gasteiger partial charge in [-0.15, -0.1) is 0 Å². The van der Waals surface area contributed by atoms with Gasteiger partial charge in [-0.25, -0.2) is 8.42 Å². The van der Waals surface area contributed by atoms with Gasteiger partial charge in [0.25, 0.3) is 0 Å². The highest BCUT2D eigenvalue weighted by Crippen LogP contribution is 2.38. The number of rotatable bonds is 3. The lowest BCUT2D eigenvalue weighted by Crippen LogP contribution is -2.39. The Kier molecular flexibility index (Phi) is 4.49. The molecule has 3 nitrogen and oxygen atoms in total. The second-order valence-electron chi connectivity index (χ2n) is 5.05. The second-order valence-corrected chi connectivity index (χ2v) is 7.44. The van der Waals surface area contributed by atoms with E-state index in [9.17, 15) is 26.7 Å². The van der Waals surface area contributed by atoms with Crippen molar-refractivity contribution in [3.05, 3.63) is 59.1 Å². The molecule has 124 valence electrons. The predicted molar refractivity (Wildman–Crippen MR) is 79.0 cm³/mol. The normalized spacial score (nSPS) is 15.2. The van der Waals surface area contributed by atoms with Crippen LogP contribution in [0.15, 0.2) is 58.3 Å². The fourth-order valence-electron chi connectivity index (χ4n) is 1.87. The zero-order chi connectivity index (χ0) is 17.5. The molecular weight excluding hydrogens is 353 g/mol. The minimum Gasteiger partial charge on any atom is -0.376 e. The van der Waals surface area contributed by atoms with E-state index in [1.807, 2.05) is 0 Å². The van der Waals surface area contributed by atoms with Crippen LogP contribution in [0.3, 0.4) is 0 Å². The Morgan fingerprint density at radius 1 is 0.913 bits per heavy atom. The van der Waals surface area contributed by atoms with E-state index >= 15 is 0 Å². The molecule has 0 spiro atoms. The fraction of sp³-hybridized carbons (Fsp3) is 0.200. The molecule has 0 saturated carbocycles. The molecule has 8 heteroatoms. The van der Waals surface area contributed by atoms with Crippen LogP contribution in [-0.2, 0) is 15.4 Å². The van der Waals surface area contributed by atoms with Gasteiger partial charge in [0.1, 0.15) is 0 Å². The highest BCUT2D eigenvalue weighted by atomic mass is 35.5. The van der Waals surface area contributed by atoms with Gasteiger partial charge in [0.2, 0.25) is 9.84 Å². The Bertz CT molecular complexity index is 795. The van der Waals surface area contributed by atoms with Gasteiger partial charge in [0.05, 0.1) is 9.79 Å². The quantitative estimate of drug-likeness (QED) is 0.897. The molecule has 1 atom stereocenters. The number of halogens is 4. The Hall–Kier alpha value is -1.57. The highest BCUT2D eigenvalue weighted by Gasteiger charge is 2.51. The molecule has 0 aliphatic carbocycles. The van der Waals surface area contributed by atoms with Gasteiger partial charge < -0.3 is 5.11 Å².